The molecule has 1 aromatic rings. The summed E-state index contributed by atoms with van der Waals surface area (Å²) < 4.78 is 28.4. The number of hydrogen-bond acceptors (Lipinski definition) is 4. The van der Waals surface area contributed by atoms with E-state index in [4.69, 9.17) is 11.6 Å². The number of alkyl halides is 1. The van der Waals surface area contributed by atoms with E-state index in [2.05, 4.69) is 5.10 Å². The second kappa shape index (κ2) is 7.58. The highest BCUT2D eigenvalue weighted by Gasteiger charge is 2.28. The highest BCUT2D eigenvalue weighted by atomic mass is 35.5. The number of aromatic nitrogens is 2. The van der Waals surface area contributed by atoms with E-state index in [0.717, 1.165) is 13.0 Å². The fraction of sp³-hybridized carbons (Fsp3) is 0.769. The van der Waals surface area contributed by atoms with Crippen LogP contribution in [0.1, 0.15) is 17.8 Å². The Morgan fingerprint density at radius 2 is 1.81 bits per heavy atom. The maximum Gasteiger partial charge on any atom is 0.246 e. The van der Waals surface area contributed by atoms with Gasteiger partial charge in [-0.25, -0.2) is 12.7 Å². The van der Waals surface area contributed by atoms with E-state index in [1.807, 2.05) is 19.0 Å². The molecule has 0 aromatic carbocycles. The summed E-state index contributed by atoms with van der Waals surface area (Å²) in [5.74, 6) is 0.403. The van der Waals surface area contributed by atoms with Crippen molar-refractivity contribution in [3.05, 3.63) is 11.4 Å². The van der Waals surface area contributed by atoms with Gasteiger partial charge in [0.2, 0.25) is 10.0 Å². The molecule has 0 unspecified atom stereocenters. The van der Waals surface area contributed by atoms with Gasteiger partial charge < -0.3 is 4.90 Å². The maximum absolute atomic E-state index is 12.7. The van der Waals surface area contributed by atoms with Crippen molar-refractivity contribution in [2.24, 2.45) is 0 Å². The van der Waals surface area contributed by atoms with Gasteiger partial charge >= 0.3 is 0 Å². The van der Waals surface area contributed by atoms with Gasteiger partial charge in [-0.15, -0.1) is 11.6 Å². The second-order valence-corrected chi connectivity index (χ2v) is 7.76. The number of hydrogen-bond donors (Lipinski definition) is 0. The van der Waals surface area contributed by atoms with Gasteiger partial charge in [0, 0.05) is 19.5 Å². The zero-order valence-corrected chi connectivity index (χ0v) is 15.0. The Morgan fingerprint density at radius 3 is 2.33 bits per heavy atom. The van der Waals surface area contributed by atoms with Gasteiger partial charge in [-0.2, -0.15) is 5.10 Å². The summed E-state index contributed by atoms with van der Waals surface area (Å²) in [7, 11) is 2.05. The minimum atomic E-state index is -3.51. The van der Waals surface area contributed by atoms with E-state index in [1.54, 1.807) is 25.6 Å². The molecule has 6 nitrogen and oxygen atoms in total. The molecule has 1 heterocycles. The topological polar surface area (TPSA) is 58.4 Å². The van der Waals surface area contributed by atoms with Crippen LogP contribution in [0.4, 0.5) is 0 Å². The van der Waals surface area contributed by atoms with Crippen molar-refractivity contribution in [1.82, 2.24) is 19.0 Å². The molecule has 0 fully saturated rings. The zero-order chi connectivity index (χ0) is 16.2. The first-order chi connectivity index (χ1) is 9.71. The molecule has 1 aromatic heterocycles. The van der Waals surface area contributed by atoms with E-state index < -0.39 is 10.0 Å². The van der Waals surface area contributed by atoms with Crippen molar-refractivity contribution in [3.8, 4) is 0 Å². The molecular weight excluding hydrogens is 312 g/mol. The summed E-state index contributed by atoms with van der Waals surface area (Å²) in [5.41, 5.74) is 1.17. The van der Waals surface area contributed by atoms with Crippen LogP contribution in [0, 0.1) is 13.8 Å². The van der Waals surface area contributed by atoms with Crippen molar-refractivity contribution in [2.75, 3.05) is 40.1 Å². The number of halogens is 1. The van der Waals surface area contributed by atoms with E-state index in [0.29, 0.717) is 35.3 Å². The monoisotopic (exact) mass is 336 g/mol. The molecular formula is C13H25ClN4O2S. The molecule has 0 spiro atoms. The fourth-order valence-electron chi connectivity index (χ4n) is 2.24. The standard InChI is InChI=1S/C13H25ClN4O2S/c1-11-13(12(2)18(15-11)10-7-14)21(19,20)17(5)9-6-8-16(3)4/h6-10H2,1-5H3. The SMILES string of the molecule is Cc1nn(CCCl)c(C)c1S(=O)(=O)N(C)CCCN(C)C. The minimum Gasteiger partial charge on any atom is -0.309 e. The van der Waals surface area contributed by atoms with Crippen LogP contribution in [-0.4, -0.2) is 67.5 Å². The summed E-state index contributed by atoms with van der Waals surface area (Å²) in [4.78, 5) is 2.34. The lowest BCUT2D eigenvalue weighted by Gasteiger charge is -2.18. The molecule has 0 aliphatic carbocycles. The third kappa shape index (κ3) is 4.42. The largest absolute Gasteiger partial charge is 0.309 e. The van der Waals surface area contributed by atoms with Crippen LogP contribution in [0.25, 0.3) is 0 Å². The molecule has 0 bridgehead atoms. The highest BCUT2D eigenvalue weighted by molar-refractivity contribution is 7.89. The molecule has 0 aliphatic rings. The van der Waals surface area contributed by atoms with Crippen LogP contribution in [0.3, 0.4) is 0 Å². The Hall–Kier alpha value is -0.630. The van der Waals surface area contributed by atoms with Gasteiger partial charge in [0.1, 0.15) is 4.90 Å². The van der Waals surface area contributed by atoms with Crippen LogP contribution in [0.2, 0.25) is 0 Å². The molecule has 21 heavy (non-hydrogen) atoms. The Bertz CT molecular complexity index is 569. The lowest BCUT2D eigenvalue weighted by Crippen LogP contribution is -2.30. The minimum absolute atomic E-state index is 0.306. The van der Waals surface area contributed by atoms with Gasteiger partial charge in [-0.1, -0.05) is 0 Å². The van der Waals surface area contributed by atoms with Crippen LogP contribution < -0.4 is 0 Å². The molecule has 0 radical (unpaired) electrons. The summed E-state index contributed by atoms with van der Waals surface area (Å²) in [5, 5.41) is 4.28. The van der Waals surface area contributed by atoms with E-state index in [-0.39, 0.29) is 0 Å². The maximum atomic E-state index is 12.7. The highest BCUT2D eigenvalue weighted by Crippen LogP contribution is 2.22. The number of sulfonamides is 1. The smallest absolute Gasteiger partial charge is 0.246 e. The summed E-state index contributed by atoms with van der Waals surface area (Å²) in [6.45, 7) is 5.34. The molecule has 8 heteroatoms. The van der Waals surface area contributed by atoms with Crippen molar-refractivity contribution in [3.63, 3.8) is 0 Å². The average molecular weight is 337 g/mol. The third-order valence-corrected chi connectivity index (χ3v) is 5.64. The first kappa shape index (κ1) is 18.4. The molecule has 0 atom stereocenters. The first-order valence-corrected chi connectivity index (χ1v) is 8.90. The Balaban J connectivity index is 2.97. The summed E-state index contributed by atoms with van der Waals surface area (Å²) in [6, 6.07) is 0. The number of rotatable bonds is 8. The molecule has 0 saturated carbocycles. The molecule has 1 rings (SSSR count). The van der Waals surface area contributed by atoms with Crippen molar-refractivity contribution >= 4 is 21.6 Å². The van der Waals surface area contributed by atoms with E-state index in [9.17, 15) is 8.42 Å². The van der Waals surface area contributed by atoms with Gasteiger partial charge in [0.15, 0.2) is 0 Å². The van der Waals surface area contributed by atoms with Crippen molar-refractivity contribution < 1.29 is 8.42 Å². The van der Waals surface area contributed by atoms with Crippen LogP contribution >= 0.6 is 11.6 Å². The Labute approximate surface area is 132 Å². The first-order valence-electron chi connectivity index (χ1n) is 6.92. The van der Waals surface area contributed by atoms with Gasteiger partial charge in [0.25, 0.3) is 0 Å². The Kier molecular flexibility index (Phi) is 6.65. The third-order valence-electron chi connectivity index (χ3n) is 3.36. The Morgan fingerprint density at radius 1 is 1.19 bits per heavy atom. The van der Waals surface area contributed by atoms with E-state index >= 15 is 0 Å². The number of nitrogens with zero attached hydrogens (tertiary/aromatic N) is 4. The van der Waals surface area contributed by atoms with E-state index in [1.165, 1.54) is 4.31 Å². The van der Waals surface area contributed by atoms with Crippen molar-refractivity contribution in [1.29, 1.82) is 0 Å². The summed E-state index contributed by atoms with van der Waals surface area (Å²) >= 11 is 5.72. The quantitative estimate of drug-likeness (QED) is 0.672. The van der Waals surface area contributed by atoms with Gasteiger partial charge in [-0.3, -0.25) is 4.68 Å². The van der Waals surface area contributed by atoms with Gasteiger partial charge in [-0.05, 0) is 40.9 Å². The normalized spacial score (nSPS) is 12.6. The van der Waals surface area contributed by atoms with Crippen molar-refractivity contribution in [2.45, 2.75) is 31.7 Å². The summed E-state index contributed by atoms with van der Waals surface area (Å²) in [6.07, 6.45) is 0.788. The molecule has 0 amide bonds. The van der Waals surface area contributed by atoms with Crippen LogP contribution in [0.5, 0.6) is 0 Å². The molecule has 0 saturated heterocycles. The molecule has 0 aliphatic heterocycles. The molecule has 122 valence electrons. The lowest BCUT2D eigenvalue weighted by atomic mass is 10.4. The van der Waals surface area contributed by atoms with Gasteiger partial charge in [0.05, 0.1) is 17.9 Å². The van der Waals surface area contributed by atoms with Crippen LogP contribution in [-0.2, 0) is 16.6 Å². The second-order valence-electron chi connectivity index (χ2n) is 5.40. The fourth-order valence-corrected chi connectivity index (χ4v) is 3.97. The molecule has 0 N–H and O–H groups in total. The predicted octanol–water partition coefficient (Wildman–Crippen LogP) is 1.31. The van der Waals surface area contributed by atoms with Crippen LogP contribution in [0.15, 0.2) is 4.90 Å². The number of aryl methyl sites for hydroxylation is 2. The zero-order valence-electron chi connectivity index (χ0n) is 13.4. The average Bonchev–Trinajstić information content (AvgIpc) is 2.64. The lowest BCUT2D eigenvalue weighted by molar-refractivity contribution is 0.370. The predicted molar refractivity (Wildman–Crippen MR) is 85.4 cm³/mol.